The summed E-state index contributed by atoms with van der Waals surface area (Å²) in [5.74, 6) is -36.5. The van der Waals surface area contributed by atoms with Gasteiger partial charge in [0.05, 0.1) is 25.4 Å². The van der Waals surface area contributed by atoms with Crippen LogP contribution >= 0.6 is 0 Å². The Morgan fingerprint density at radius 2 is 1.33 bits per heavy atom. The van der Waals surface area contributed by atoms with Crippen LogP contribution < -0.4 is 0 Å². The van der Waals surface area contributed by atoms with Crippen LogP contribution in [0, 0.1) is 5.41 Å². The standard InChI is InChI=1S/C16H20F12NO/c1-5-11(2,3)10(30)29(4)7-6-8(29)12(19,20)14(23,24)16(27,28)15(25,26)13(21,22)9(17)18/h8-9H,5-7H2,1-4H3/q+1. The van der Waals surface area contributed by atoms with Crippen LogP contribution in [-0.2, 0) is 4.79 Å². The van der Waals surface area contributed by atoms with Crippen LogP contribution in [0.4, 0.5) is 52.7 Å². The molecule has 2 atom stereocenters. The first-order chi connectivity index (χ1) is 13.0. The summed E-state index contributed by atoms with van der Waals surface area (Å²) in [4.78, 5) is 12.5. The van der Waals surface area contributed by atoms with Gasteiger partial charge in [-0.15, -0.1) is 0 Å². The second-order valence-electron chi connectivity index (χ2n) is 8.11. The number of alkyl halides is 12. The summed E-state index contributed by atoms with van der Waals surface area (Å²) in [7, 11) is 0.696. The molecule has 0 radical (unpaired) electrons. The fraction of sp³-hybridized carbons (Fsp3) is 0.938. The molecule has 0 bridgehead atoms. The molecule has 0 N–H and O–H groups in total. The minimum Gasteiger partial charge on any atom is -0.254 e. The van der Waals surface area contributed by atoms with Crippen molar-refractivity contribution in [3.05, 3.63) is 0 Å². The SMILES string of the molecule is CCC(C)(C)C(=O)[N+]1(C)CCC1C(F)(F)C(F)(F)C(F)(F)C(F)(F)C(F)(F)C(F)F. The van der Waals surface area contributed by atoms with E-state index in [1.165, 1.54) is 20.8 Å². The second-order valence-corrected chi connectivity index (χ2v) is 8.11. The Morgan fingerprint density at radius 1 is 0.900 bits per heavy atom. The highest BCUT2D eigenvalue weighted by Crippen LogP contribution is 2.60. The van der Waals surface area contributed by atoms with Gasteiger partial charge in [-0.1, -0.05) is 6.92 Å². The molecule has 0 aliphatic carbocycles. The summed E-state index contributed by atoms with van der Waals surface area (Å²) in [6.07, 6.45) is -6.53. The number of halogens is 12. The average Bonchev–Trinajstić information content (AvgIpc) is 2.57. The zero-order valence-electron chi connectivity index (χ0n) is 16.2. The van der Waals surface area contributed by atoms with Crippen molar-refractivity contribution in [3.8, 4) is 0 Å². The van der Waals surface area contributed by atoms with Gasteiger partial charge in [0, 0.05) is 0 Å². The quantitative estimate of drug-likeness (QED) is 0.333. The van der Waals surface area contributed by atoms with E-state index in [4.69, 9.17) is 0 Å². The van der Waals surface area contributed by atoms with Crippen LogP contribution in [0.15, 0.2) is 0 Å². The zero-order valence-corrected chi connectivity index (χ0v) is 16.2. The number of nitrogens with zero attached hydrogens (tertiary/aromatic N) is 1. The third-order valence-electron chi connectivity index (χ3n) is 5.80. The van der Waals surface area contributed by atoms with Gasteiger partial charge in [-0.3, -0.25) is 4.48 Å². The number of quaternary nitrogens is 1. The molecule has 1 saturated heterocycles. The molecule has 1 rings (SSSR count). The zero-order chi connectivity index (χ0) is 24.4. The molecule has 0 spiro atoms. The number of hydrogen-bond donors (Lipinski definition) is 0. The number of amides is 1. The van der Waals surface area contributed by atoms with E-state index in [1.54, 1.807) is 0 Å². The highest BCUT2D eigenvalue weighted by Gasteiger charge is 2.90. The maximum Gasteiger partial charge on any atom is 0.384 e. The number of rotatable bonds is 8. The number of hydrogen-bond acceptors (Lipinski definition) is 1. The van der Waals surface area contributed by atoms with Crippen molar-refractivity contribution in [3.63, 3.8) is 0 Å². The van der Waals surface area contributed by atoms with E-state index in [1.807, 2.05) is 0 Å². The van der Waals surface area contributed by atoms with Gasteiger partial charge in [0.2, 0.25) is 0 Å². The van der Waals surface area contributed by atoms with Crippen molar-refractivity contribution < 1.29 is 62.0 Å². The summed E-state index contributed by atoms with van der Waals surface area (Å²) in [5, 5.41) is 0. The molecule has 1 amide bonds. The molecule has 178 valence electrons. The van der Waals surface area contributed by atoms with Gasteiger partial charge >= 0.3 is 41.9 Å². The van der Waals surface area contributed by atoms with E-state index in [0.717, 1.165) is 0 Å². The van der Waals surface area contributed by atoms with Gasteiger partial charge in [0.25, 0.3) is 0 Å². The van der Waals surface area contributed by atoms with Gasteiger partial charge in [-0.05, 0) is 20.3 Å². The maximum absolute atomic E-state index is 14.4. The Hall–Kier alpha value is -1.21. The van der Waals surface area contributed by atoms with Crippen molar-refractivity contribution in [2.45, 2.75) is 75.7 Å². The second kappa shape index (κ2) is 7.16. The van der Waals surface area contributed by atoms with Crippen LogP contribution in [0.3, 0.4) is 0 Å². The summed E-state index contributed by atoms with van der Waals surface area (Å²) >= 11 is 0. The normalized spacial score (nSPS) is 24.8. The first kappa shape index (κ1) is 26.8. The minimum absolute atomic E-state index is 0.0171. The van der Waals surface area contributed by atoms with E-state index in [0.29, 0.717) is 7.05 Å². The lowest BCUT2D eigenvalue weighted by molar-refractivity contribution is -0.918. The molecular weight excluding hydrogens is 450 g/mol. The Kier molecular flexibility index (Phi) is 6.40. The summed E-state index contributed by atoms with van der Waals surface area (Å²) in [6, 6.07) is -2.97. The molecule has 0 aromatic rings. The Balaban J connectivity index is 3.48. The fourth-order valence-corrected chi connectivity index (χ4v) is 3.23. The highest BCUT2D eigenvalue weighted by molar-refractivity contribution is 5.76. The molecule has 30 heavy (non-hydrogen) atoms. The third-order valence-corrected chi connectivity index (χ3v) is 5.80. The average molecular weight is 470 g/mol. The first-order valence-corrected chi connectivity index (χ1v) is 8.57. The molecule has 1 heterocycles. The minimum atomic E-state index is -7.58. The van der Waals surface area contributed by atoms with Gasteiger partial charge in [0.1, 0.15) is 0 Å². The summed E-state index contributed by atoms with van der Waals surface area (Å²) in [6.45, 7) is 3.40. The van der Waals surface area contributed by atoms with Gasteiger partial charge in [0.15, 0.2) is 6.04 Å². The lowest BCUT2D eigenvalue weighted by Crippen LogP contribution is -2.79. The Labute approximate surface area is 163 Å². The van der Waals surface area contributed by atoms with Crippen LogP contribution in [0.5, 0.6) is 0 Å². The molecule has 0 saturated carbocycles. The fourth-order valence-electron chi connectivity index (χ4n) is 3.23. The summed E-state index contributed by atoms with van der Waals surface area (Å²) < 4.78 is 160. The van der Waals surface area contributed by atoms with Crippen LogP contribution in [0.1, 0.15) is 33.6 Å². The third kappa shape index (κ3) is 3.27. The molecule has 1 aliphatic heterocycles. The number of likely N-dealkylation sites (tertiary alicyclic amines) is 1. The number of carbonyl (C=O) groups excluding carboxylic acids is 1. The van der Waals surface area contributed by atoms with Gasteiger partial charge in [-0.25, -0.2) is 13.6 Å². The summed E-state index contributed by atoms with van der Waals surface area (Å²) in [5.41, 5.74) is -1.39. The largest absolute Gasteiger partial charge is 0.384 e. The van der Waals surface area contributed by atoms with E-state index in [9.17, 15) is 57.5 Å². The van der Waals surface area contributed by atoms with Crippen LogP contribution in [0.2, 0.25) is 0 Å². The molecule has 0 aromatic heterocycles. The topological polar surface area (TPSA) is 17.1 Å². The van der Waals surface area contributed by atoms with E-state index in [-0.39, 0.29) is 6.42 Å². The number of carbonyl (C=O) groups is 1. The maximum atomic E-state index is 14.4. The first-order valence-electron chi connectivity index (χ1n) is 8.57. The van der Waals surface area contributed by atoms with Crippen molar-refractivity contribution in [1.29, 1.82) is 0 Å². The van der Waals surface area contributed by atoms with Crippen molar-refractivity contribution in [2.75, 3.05) is 13.6 Å². The lowest BCUT2D eigenvalue weighted by atomic mass is 9.79. The van der Waals surface area contributed by atoms with Crippen molar-refractivity contribution in [2.24, 2.45) is 5.41 Å². The van der Waals surface area contributed by atoms with Crippen molar-refractivity contribution >= 4 is 5.91 Å². The van der Waals surface area contributed by atoms with E-state index < -0.39 is 70.9 Å². The van der Waals surface area contributed by atoms with E-state index in [2.05, 4.69) is 0 Å². The monoisotopic (exact) mass is 470 g/mol. The molecule has 14 heteroatoms. The van der Waals surface area contributed by atoms with Crippen LogP contribution in [-0.4, -0.2) is 66.1 Å². The molecule has 2 nitrogen and oxygen atoms in total. The molecule has 0 aromatic carbocycles. The molecule has 2 unspecified atom stereocenters. The van der Waals surface area contributed by atoms with E-state index >= 15 is 0 Å². The highest BCUT2D eigenvalue weighted by atomic mass is 19.4. The van der Waals surface area contributed by atoms with Gasteiger partial charge in [-0.2, -0.15) is 43.9 Å². The molecule has 1 aliphatic rings. The Bertz CT molecular complexity index is 675. The predicted octanol–water partition coefficient (Wildman–Crippen LogP) is 5.61. The Morgan fingerprint density at radius 3 is 1.63 bits per heavy atom. The molecule has 1 fully saturated rings. The van der Waals surface area contributed by atoms with Crippen molar-refractivity contribution in [1.82, 2.24) is 0 Å². The van der Waals surface area contributed by atoms with Gasteiger partial charge < -0.3 is 0 Å². The van der Waals surface area contributed by atoms with Crippen LogP contribution in [0.25, 0.3) is 0 Å². The smallest absolute Gasteiger partial charge is 0.254 e. The predicted molar refractivity (Wildman–Crippen MR) is 79.3 cm³/mol. The molecular formula is C16H20F12NO+. The lowest BCUT2D eigenvalue weighted by Gasteiger charge is -2.53.